The number of hydrogen-bond acceptors (Lipinski definition) is 22. The number of para-hydroxylation sites is 1. The molecular formula is C72H92N10O18S. The van der Waals surface area contributed by atoms with Crippen LogP contribution in [0.3, 0.4) is 0 Å². The lowest BCUT2D eigenvalue weighted by molar-refractivity contribution is -0.245. The number of fused-ring (bicyclic) bond motifs is 2. The summed E-state index contributed by atoms with van der Waals surface area (Å²) >= 11 is 1.39. The number of rotatable bonds is 28. The lowest BCUT2D eigenvalue weighted by atomic mass is 9.38. The molecule has 5 heterocycles. The lowest BCUT2D eigenvalue weighted by Gasteiger charge is -2.69. The molecule has 4 amide bonds. The molecule has 12 atom stereocenters. The van der Waals surface area contributed by atoms with Gasteiger partial charge in [0.15, 0.2) is 16.9 Å². The number of aromatic amines is 1. The van der Waals surface area contributed by atoms with Gasteiger partial charge in [-0.15, -0.1) is 0 Å². The summed E-state index contributed by atoms with van der Waals surface area (Å²) in [5.74, 6) is -3.99. The maximum atomic E-state index is 14.5. The van der Waals surface area contributed by atoms with Gasteiger partial charge in [-0.2, -0.15) is 5.10 Å². The third-order valence-corrected chi connectivity index (χ3v) is 21.8. The third kappa shape index (κ3) is 16.2. The Hall–Kier alpha value is -8.07. The maximum absolute atomic E-state index is 14.5. The number of H-pyrrole nitrogens is 1. The standard InChI is InChI=1S/C72H92N10O18S/c1-37(2)55(73)64(92)74-39(4)62(90)75-43-16-14-42(41(26-43)15-18-51-58(87)59(88)60(89)61(100-51)66(95)96)30-98-68(97)81(23-21-49(84)57(86)50(85)29-83)24-25-99-72-34-69(5)31-70(6,35-72)33-71(32-69,36-72)27-48-54(38(3)79-80-48)45-17-19-53(77-56(45)65(93)94)82-22-20-40-10-9-11-44(46(40)28-82)63(91)78-67-76-47-12-7-8-13-52(47)101-67/h7-14,16-17,19,26,37,39,49-51,55,57-61,83-89H,15,18,20-25,27-36,73H2,1-6H3,(H,74,92)(H,75,90)(H,79,80)(H,93,94)(H,95,96)(H,76,78,91)/t39-,49+,50+,51-,55-,57-,58-,59+,60-,61-,69?,70?,71?,72?/m0/s1. The van der Waals surface area contributed by atoms with Gasteiger partial charge >= 0.3 is 18.0 Å². The van der Waals surface area contributed by atoms with Crippen LogP contribution in [0.15, 0.2) is 72.8 Å². The second kappa shape index (κ2) is 30.1. The number of aliphatic hydroxyl groups excluding tert-OH is 7. The molecule has 1 saturated heterocycles. The van der Waals surface area contributed by atoms with Gasteiger partial charge in [0.05, 0.1) is 53.0 Å². The van der Waals surface area contributed by atoms with E-state index in [1.807, 2.05) is 54.3 Å². The zero-order chi connectivity index (χ0) is 72.6. The Kier molecular flexibility index (Phi) is 22.1. The fourth-order valence-corrected chi connectivity index (χ4v) is 17.8. The molecule has 544 valence electrons. The number of hydrogen-bond donors (Lipinski definition) is 14. The molecule has 3 aromatic heterocycles. The molecule has 4 bridgehead atoms. The maximum Gasteiger partial charge on any atom is 0.410 e. The van der Waals surface area contributed by atoms with E-state index < -0.39 is 110 Å². The van der Waals surface area contributed by atoms with E-state index in [0.29, 0.717) is 95.3 Å². The predicted octanol–water partition coefficient (Wildman–Crippen LogP) is 4.98. The van der Waals surface area contributed by atoms with Crippen LogP contribution in [0.2, 0.25) is 0 Å². The SMILES string of the molecule is Cc1[nH]nc(CC23CC4(C)CC(C)(C2)CC(OCCN(CC[C@@H](O)[C@H](O)[C@H](O)CO)C(=O)OCc2ccc(NC(=O)[C@H](C)NC(=O)[C@@H](N)C(C)C)cc2CC[C@@H]2O[C@H](C(=O)O)[C@@H](O)[C@H](O)[C@H]2O)(C4)C3)c1-c1ccc(N2CCc3cccc(C(=O)Nc4nc5ccccc5s4)c3C2)nc1C(=O)O. The van der Waals surface area contributed by atoms with Crippen LogP contribution in [0.25, 0.3) is 21.3 Å². The first-order valence-electron chi connectivity index (χ1n) is 34.3. The van der Waals surface area contributed by atoms with E-state index in [1.165, 1.54) is 29.2 Å². The molecular weight excluding hydrogens is 1320 g/mol. The monoisotopic (exact) mass is 1420 g/mol. The number of carboxylic acid groups (broad SMARTS) is 2. The van der Waals surface area contributed by atoms with Crippen molar-refractivity contribution in [3.8, 4) is 11.1 Å². The minimum absolute atomic E-state index is 0.00713. The first kappa shape index (κ1) is 74.1. The van der Waals surface area contributed by atoms with Gasteiger partial charge in [0.1, 0.15) is 49.0 Å². The molecule has 29 heteroatoms. The Morgan fingerprint density at radius 2 is 1.58 bits per heavy atom. The summed E-state index contributed by atoms with van der Waals surface area (Å²) in [6, 6.07) is 19.6. The van der Waals surface area contributed by atoms with Crippen molar-refractivity contribution in [3.05, 3.63) is 118 Å². The average Bonchev–Trinajstić information content (AvgIpc) is 0.961. The van der Waals surface area contributed by atoms with Gasteiger partial charge in [0, 0.05) is 54.3 Å². The number of thiazole rings is 1. The minimum Gasteiger partial charge on any atom is -0.479 e. The molecule has 6 aliphatic rings. The fourth-order valence-electron chi connectivity index (χ4n) is 17.0. The van der Waals surface area contributed by atoms with Crippen molar-refractivity contribution < 1.29 is 88.9 Å². The van der Waals surface area contributed by atoms with Crippen molar-refractivity contribution in [3.63, 3.8) is 0 Å². The van der Waals surface area contributed by atoms with Crippen molar-refractivity contribution in [2.75, 3.05) is 48.4 Å². The normalized spacial score (nSPS) is 26.0. The van der Waals surface area contributed by atoms with Crippen LogP contribution in [0.4, 0.5) is 21.4 Å². The topological polar surface area (TPSA) is 435 Å². The number of anilines is 3. The van der Waals surface area contributed by atoms with Gasteiger partial charge in [0.2, 0.25) is 11.8 Å². The van der Waals surface area contributed by atoms with E-state index in [0.717, 1.165) is 40.6 Å². The van der Waals surface area contributed by atoms with Crippen molar-refractivity contribution in [2.45, 2.75) is 192 Å². The molecule has 4 saturated carbocycles. The number of nitrogens with zero attached hydrogens (tertiary/aromatic N) is 5. The van der Waals surface area contributed by atoms with Crippen LogP contribution < -0.4 is 26.6 Å². The van der Waals surface area contributed by atoms with Gasteiger partial charge in [-0.05, 0) is 171 Å². The summed E-state index contributed by atoms with van der Waals surface area (Å²) in [5.41, 5.74) is 11.0. The number of aliphatic carboxylic acids is 1. The lowest BCUT2D eigenvalue weighted by Crippen LogP contribution is -2.64. The number of nitrogens with two attached hydrogens (primary N) is 1. The molecule has 3 aromatic carbocycles. The number of aromatic nitrogens is 4. The number of carboxylic acids is 2. The molecule has 2 aliphatic heterocycles. The Bertz CT molecular complexity index is 4020. The van der Waals surface area contributed by atoms with Crippen LogP contribution in [0, 0.1) is 29.1 Å². The number of pyridine rings is 1. The summed E-state index contributed by atoms with van der Waals surface area (Å²) in [7, 11) is 0. The average molecular weight is 1420 g/mol. The quantitative estimate of drug-likeness (QED) is 0.0308. The van der Waals surface area contributed by atoms with Gasteiger partial charge in [-0.3, -0.25) is 24.8 Å². The molecule has 12 rings (SSSR count). The molecule has 28 nitrogen and oxygen atoms in total. The smallest absolute Gasteiger partial charge is 0.410 e. The van der Waals surface area contributed by atoms with Crippen molar-refractivity contribution >= 4 is 73.9 Å². The van der Waals surface area contributed by atoms with Gasteiger partial charge in [0.25, 0.3) is 5.91 Å². The van der Waals surface area contributed by atoms with Crippen LogP contribution in [-0.2, 0) is 61.0 Å². The second-order valence-corrected chi connectivity index (χ2v) is 30.6. The number of benzene rings is 3. The first-order valence-corrected chi connectivity index (χ1v) is 35.1. The Morgan fingerprint density at radius 1 is 0.842 bits per heavy atom. The van der Waals surface area contributed by atoms with E-state index in [1.54, 1.807) is 38.1 Å². The summed E-state index contributed by atoms with van der Waals surface area (Å²) in [5, 5.41) is 111. The van der Waals surface area contributed by atoms with Gasteiger partial charge in [-0.1, -0.05) is 69.4 Å². The number of ether oxygens (including phenoxy) is 3. The fraction of sp³-hybridized carbons (Fsp3) is 0.542. The van der Waals surface area contributed by atoms with E-state index in [4.69, 9.17) is 30.0 Å². The van der Waals surface area contributed by atoms with Gasteiger partial charge in [-0.25, -0.2) is 24.4 Å². The Balaban J connectivity index is 0.803. The third-order valence-electron chi connectivity index (χ3n) is 20.9. The van der Waals surface area contributed by atoms with Crippen molar-refractivity contribution in [2.24, 2.45) is 27.9 Å². The van der Waals surface area contributed by atoms with Crippen molar-refractivity contribution in [1.29, 1.82) is 0 Å². The summed E-state index contributed by atoms with van der Waals surface area (Å²) < 4.78 is 19.6. The molecule has 6 aromatic rings. The van der Waals surface area contributed by atoms with E-state index in [9.17, 15) is 74.7 Å². The molecule has 4 aliphatic carbocycles. The zero-order valence-electron chi connectivity index (χ0n) is 57.4. The number of carbonyl (C=O) groups is 6. The van der Waals surface area contributed by atoms with Gasteiger partial charge < -0.3 is 86.3 Å². The number of aliphatic hydroxyl groups is 7. The summed E-state index contributed by atoms with van der Waals surface area (Å²) in [4.78, 5) is 92.8. The van der Waals surface area contributed by atoms with E-state index in [-0.39, 0.29) is 78.4 Å². The highest BCUT2D eigenvalue weighted by molar-refractivity contribution is 7.22. The number of nitrogens with one attached hydrogen (secondary N) is 4. The summed E-state index contributed by atoms with van der Waals surface area (Å²) in [6.07, 6.45) is -9.30. The first-order chi connectivity index (χ1) is 47.9. The van der Waals surface area contributed by atoms with E-state index in [2.05, 4.69) is 39.9 Å². The molecule has 5 fully saturated rings. The highest BCUT2D eigenvalue weighted by Crippen LogP contribution is 2.72. The van der Waals surface area contributed by atoms with E-state index >= 15 is 0 Å². The molecule has 2 unspecified atom stereocenters. The highest BCUT2D eigenvalue weighted by Gasteiger charge is 2.66. The summed E-state index contributed by atoms with van der Waals surface area (Å²) in [6.45, 7) is 10.7. The highest BCUT2D eigenvalue weighted by atomic mass is 32.1. The number of carbonyl (C=O) groups excluding carboxylic acids is 4. The second-order valence-electron chi connectivity index (χ2n) is 29.5. The molecule has 101 heavy (non-hydrogen) atoms. The Morgan fingerprint density at radius 3 is 2.29 bits per heavy atom. The largest absolute Gasteiger partial charge is 0.479 e. The van der Waals surface area contributed by atoms with Crippen LogP contribution >= 0.6 is 11.3 Å². The van der Waals surface area contributed by atoms with Crippen LogP contribution in [-0.4, -0.2) is 206 Å². The number of amides is 4. The van der Waals surface area contributed by atoms with Crippen LogP contribution in [0.1, 0.15) is 140 Å². The molecule has 0 radical (unpaired) electrons. The number of aryl methyl sites for hydroxylation is 2. The zero-order valence-corrected chi connectivity index (χ0v) is 58.2. The van der Waals surface area contributed by atoms with Crippen LogP contribution in [0.5, 0.6) is 0 Å². The Labute approximate surface area is 587 Å². The van der Waals surface area contributed by atoms with Crippen molar-refractivity contribution in [1.82, 2.24) is 30.4 Å². The minimum atomic E-state index is -1.93. The number of aromatic carboxylic acids is 1. The molecule has 15 N–H and O–H groups in total. The predicted molar refractivity (Wildman–Crippen MR) is 371 cm³/mol. The molecule has 0 spiro atoms.